The van der Waals surface area contributed by atoms with E-state index in [1.165, 1.54) is 24.1 Å². The van der Waals surface area contributed by atoms with E-state index in [0.717, 1.165) is 28.8 Å². The van der Waals surface area contributed by atoms with Crippen LogP contribution >= 0.6 is 0 Å². The molecule has 0 aromatic heterocycles. The number of para-hydroxylation sites is 1. The lowest BCUT2D eigenvalue weighted by Crippen LogP contribution is -2.38. The molecule has 0 bridgehead atoms. The maximum Gasteiger partial charge on any atom is 0.116 e. The highest BCUT2D eigenvalue weighted by Crippen LogP contribution is 2.45. The molecule has 172 valence electrons. The Hall–Kier alpha value is -3.26. The van der Waals surface area contributed by atoms with Crippen LogP contribution < -0.4 is 4.90 Å². The van der Waals surface area contributed by atoms with Crippen LogP contribution in [0.5, 0.6) is 5.75 Å². The van der Waals surface area contributed by atoms with Crippen LogP contribution in [0.25, 0.3) is 17.2 Å². The first-order valence-corrected chi connectivity index (χ1v) is 11.8. The number of hydrogen-bond acceptors (Lipinski definition) is 2. The lowest BCUT2D eigenvalue weighted by atomic mass is 9.86. The van der Waals surface area contributed by atoms with Gasteiger partial charge in [-0.2, -0.15) is 0 Å². The molecule has 1 saturated heterocycles. The molecule has 2 heteroatoms. The van der Waals surface area contributed by atoms with Crippen molar-refractivity contribution in [3.8, 4) is 16.9 Å². The quantitative estimate of drug-likeness (QED) is 0.429. The zero-order chi connectivity index (χ0) is 24.0. The summed E-state index contributed by atoms with van der Waals surface area (Å²) < 4.78 is 0. The second-order valence-corrected chi connectivity index (χ2v) is 9.90. The molecule has 0 radical (unpaired) electrons. The Bertz CT molecular complexity index is 1090. The molecule has 1 N–H and O–H groups in total. The van der Waals surface area contributed by atoms with E-state index in [1.54, 1.807) is 12.1 Å². The standard InChI is InChI=1S/C24H21NO.C7H16/c1-3-18-15-20(19-8-7-11-22(26)16-19)12-13-23(18)24-14-17(2)25(24)21-9-5-4-6-10-21;1-5-6-7(2,3)4/h3-13,15-16,24,26H,1-2,14H2;5-6H2,1-4H3. The highest BCUT2D eigenvalue weighted by molar-refractivity contribution is 5.71. The van der Waals surface area contributed by atoms with Crippen LogP contribution in [0.1, 0.15) is 64.1 Å². The Balaban J connectivity index is 0.000000383. The number of hydrogen-bond donors (Lipinski definition) is 1. The number of phenols is 1. The number of rotatable bonds is 5. The Kier molecular flexibility index (Phi) is 7.81. The SMILES string of the molecule is C=Cc1cc(-c2cccc(O)c2)ccc1C1CC(=C)N1c1ccccc1.CCCC(C)(C)C. The molecule has 1 aliphatic rings. The summed E-state index contributed by atoms with van der Waals surface area (Å²) in [5, 5.41) is 9.74. The van der Waals surface area contributed by atoms with Crippen molar-refractivity contribution < 1.29 is 5.11 Å². The van der Waals surface area contributed by atoms with Gasteiger partial charge in [-0.05, 0) is 64.4 Å². The van der Waals surface area contributed by atoms with Crippen molar-refractivity contribution in [1.29, 1.82) is 0 Å². The fraction of sp³-hybridized carbons (Fsp3) is 0.290. The van der Waals surface area contributed by atoms with Gasteiger partial charge in [0.05, 0.1) is 6.04 Å². The summed E-state index contributed by atoms with van der Waals surface area (Å²) in [5.74, 6) is 0.275. The Morgan fingerprint density at radius 1 is 0.970 bits per heavy atom. The molecule has 33 heavy (non-hydrogen) atoms. The third kappa shape index (κ3) is 6.16. The molecule has 0 saturated carbocycles. The number of nitrogens with zero attached hydrogens (tertiary/aromatic N) is 1. The summed E-state index contributed by atoms with van der Waals surface area (Å²) in [6.45, 7) is 17.3. The van der Waals surface area contributed by atoms with Crippen molar-refractivity contribution in [2.45, 2.75) is 53.0 Å². The molecule has 1 aliphatic heterocycles. The van der Waals surface area contributed by atoms with Crippen LogP contribution in [0, 0.1) is 5.41 Å². The fourth-order valence-electron chi connectivity index (χ4n) is 4.39. The van der Waals surface area contributed by atoms with Crippen molar-refractivity contribution in [3.63, 3.8) is 0 Å². The summed E-state index contributed by atoms with van der Waals surface area (Å²) in [4.78, 5) is 2.29. The first-order chi connectivity index (χ1) is 15.7. The van der Waals surface area contributed by atoms with E-state index in [4.69, 9.17) is 0 Å². The zero-order valence-corrected chi connectivity index (χ0v) is 20.5. The first-order valence-electron chi connectivity index (χ1n) is 11.8. The molecule has 1 unspecified atom stereocenters. The van der Waals surface area contributed by atoms with Crippen molar-refractivity contribution in [2.24, 2.45) is 5.41 Å². The van der Waals surface area contributed by atoms with Crippen molar-refractivity contribution in [2.75, 3.05) is 4.90 Å². The van der Waals surface area contributed by atoms with Gasteiger partial charge in [0, 0.05) is 17.8 Å². The number of phenolic OH excluding ortho intramolecular Hbond substituents is 1. The molecule has 3 aromatic rings. The van der Waals surface area contributed by atoms with E-state index in [0.29, 0.717) is 5.41 Å². The second kappa shape index (κ2) is 10.6. The molecule has 0 spiro atoms. The van der Waals surface area contributed by atoms with Gasteiger partial charge in [0.25, 0.3) is 0 Å². The Morgan fingerprint density at radius 3 is 2.21 bits per heavy atom. The molecule has 2 nitrogen and oxygen atoms in total. The highest BCUT2D eigenvalue weighted by atomic mass is 16.3. The summed E-state index contributed by atoms with van der Waals surface area (Å²) in [5.41, 5.74) is 7.29. The van der Waals surface area contributed by atoms with Crippen LogP contribution in [0.4, 0.5) is 5.69 Å². The van der Waals surface area contributed by atoms with Crippen molar-refractivity contribution >= 4 is 11.8 Å². The van der Waals surface area contributed by atoms with Crippen LogP contribution in [0.3, 0.4) is 0 Å². The minimum Gasteiger partial charge on any atom is -0.508 e. The number of aromatic hydroxyl groups is 1. The molecular formula is C31H37NO. The Morgan fingerprint density at radius 2 is 1.67 bits per heavy atom. The lowest BCUT2D eigenvalue weighted by Gasteiger charge is -2.45. The molecular weight excluding hydrogens is 402 g/mol. The highest BCUT2D eigenvalue weighted by Gasteiger charge is 2.34. The maximum atomic E-state index is 9.74. The number of anilines is 1. The van der Waals surface area contributed by atoms with Gasteiger partial charge in [0.1, 0.15) is 5.75 Å². The predicted molar refractivity (Wildman–Crippen MR) is 143 cm³/mol. The monoisotopic (exact) mass is 439 g/mol. The van der Waals surface area contributed by atoms with E-state index < -0.39 is 0 Å². The topological polar surface area (TPSA) is 23.5 Å². The van der Waals surface area contributed by atoms with E-state index in [2.05, 4.69) is 88.2 Å². The average Bonchev–Trinajstić information content (AvgIpc) is 2.77. The molecule has 1 atom stereocenters. The van der Waals surface area contributed by atoms with Gasteiger partial charge >= 0.3 is 0 Å². The van der Waals surface area contributed by atoms with Gasteiger partial charge < -0.3 is 10.0 Å². The third-order valence-electron chi connectivity index (χ3n) is 5.96. The second-order valence-electron chi connectivity index (χ2n) is 9.90. The predicted octanol–water partition coefficient (Wildman–Crippen LogP) is 9.00. The van der Waals surface area contributed by atoms with Crippen molar-refractivity contribution in [1.82, 2.24) is 0 Å². The van der Waals surface area contributed by atoms with E-state index >= 15 is 0 Å². The number of benzene rings is 3. The molecule has 0 amide bonds. The largest absolute Gasteiger partial charge is 0.508 e. The molecule has 1 heterocycles. The summed E-state index contributed by atoms with van der Waals surface area (Å²) in [6, 6.07) is 24.4. The van der Waals surface area contributed by atoms with Gasteiger partial charge in [0.2, 0.25) is 0 Å². The van der Waals surface area contributed by atoms with Gasteiger partial charge in [0.15, 0.2) is 0 Å². The molecule has 3 aromatic carbocycles. The van der Waals surface area contributed by atoms with Crippen LogP contribution in [-0.4, -0.2) is 5.11 Å². The smallest absolute Gasteiger partial charge is 0.116 e. The molecule has 1 fully saturated rings. The average molecular weight is 440 g/mol. The fourth-order valence-corrected chi connectivity index (χ4v) is 4.39. The first kappa shape index (κ1) is 24.4. The summed E-state index contributed by atoms with van der Waals surface area (Å²) >= 11 is 0. The van der Waals surface area contributed by atoms with Gasteiger partial charge in [-0.1, -0.05) is 95.8 Å². The van der Waals surface area contributed by atoms with Gasteiger partial charge in [-0.25, -0.2) is 0 Å². The Labute approximate surface area is 199 Å². The minimum absolute atomic E-state index is 0.274. The van der Waals surface area contributed by atoms with Crippen LogP contribution in [0.2, 0.25) is 0 Å². The van der Waals surface area contributed by atoms with E-state index in [9.17, 15) is 5.11 Å². The van der Waals surface area contributed by atoms with E-state index in [-0.39, 0.29) is 11.8 Å². The van der Waals surface area contributed by atoms with Gasteiger partial charge in [-0.3, -0.25) is 0 Å². The van der Waals surface area contributed by atoms with Gasteiger partial charge in [-0.15, -0.1) is 0 Å². The van der Waals surface area contributed by atoms with E-state index in [1.807, 2.05) is 24.3 Å². The maximum absolute atomic E-state index is 9.74. The lowest BCUT2D eigenvalue weighted by molar-refractivity contribution is 0.373. The molecule has 4 rings (SSSR count). The third-order valence-corrected chi connectivity index (χ3v) is 5.96. The van der Waals surface area contributed by atoms with Crippen LogP contribution in [0.15, 0.2) is 91.7 Å². The van der Waals surface area contributed by atoms with Crippen molar-refractivity contribution in [3.05, 3.63) is 103 Å². The molecule has 0 aliphatic carbocycles. The summed E-state index contributed by atoms with van der Waals surface area (Å²) in [7, 11) is 0. The summed E-state index contributed by atoms with van der Waals surface area (Å²) in [6.07, 6.45) is 5.50. The normalized spacial score (nSPS) is 15.3. The van der Waals surface area contributed by atoms with Crippen LogP contribution in [-0.2, 0) is 0 Å². The minimum atomic E-state index is 0.274. The zero-order valence-electron chi connectivity index (χ0n) is 20.5.